The Morgan fingerprint density at radius 2 is 1.83 bits per heavy atom. The molecule has 1 unspecified atom stereocenters. The van der Waals surface area contributed by atoms with E-state index in [2.05, 4.69) is 37.4 Å². The van der Waals surface area contributed by atoms with Gasteiger partial charge in [0.25, 0.3) is 0 Å². The van der Waals surface area contributed by atoms with E-state index >= 15 is 0 Å². The molecular weight excluding hydrogens is 222 g/mol. The first-order chi connectivity index (χ1) is 8.61. The van der Waals surface area contributed by atoms with Crippen molar-refractivity contribution in [2.24, 2.45) is 24.8 Å². The number of nitrogens with zero attached hydrogens (tertiary/aromatic N) is 2. The molecule has 0 radical (unpaired) electrons. The van der Waals surface area contributed by atoms with Crippen molar-refractivity contribution in [3.8, 4) is 0 Å². The third-order valence-electron chi connectivity index (χ3n) is 4.59. The quantitative estimate of drug-likeness (QED) is 0.888. The van der Waals surface area contributed by atoms with Crippen LogP contribution in [-0.4, -0.2) is 16.8 Å². The van der Waals surface area contributed by atoms with Gasteiger partial charge in [0.05, 0.1) is 11.7 Å². The summed E-state index contributed by atoms with van der Waals surface area (Å²) in [6.45, 7) is 4.72. The lowest BCUT2D eigenvalue weighted by atomic mass is 9.74. The summed E-state index contributed by atoms with van der Waals surface area (Å²) in [5, 5.41) is 8.03. The smallest absolute Gasteiger partial charge is 0.0796 e. The van der Waals surface area contributed by atoms with Crippen molar-refractivity contribution in [2.45, 2.75) is 45.6 Å². The molecule has 1 saturated carbocycles. The van der Waals surface area contributed by atoms with Crippen LogP contribution in [0.25, 0.3) is 0 Å². The number of aryl methyl sites for hydroxylation is 1. The van der Waals surface area contributed by atoms with Gasteiger partial charge in [-0.15, -0.1) is 0 Å². The molecule has 1 heterocycles. The molecule has 1 aromatic rings. The molecule has 0 saturated heterocycles. The zero-order chi connectivity index (χ0) is 13.1. The van der Waals surface area contributed by atoms with Crippen LogP contribution in [0.2, 0.25) is 0 Å². The third kappa shape index (κ3) is 2.94. The summed E-state index contributed by atoms with van der Waals surface area (Å²) < 4.78 is 1.90. The van der Waals surface area contributed by atoms with E-state index in [4.69, 9.17) is 0 Å². The number of hydrogen-bond acceptors (Lipinski definition) is 2. The van der Waals surface area contributed by atoms with Gasteiger partial charge < -0.3 is 5.32 Å². The van der Waals surface area contributed by atoms with Crippen LogP contribution < -0.4 is 5.32 Å². The van der Waals surface area contributed by atoms with Crippen molar-refractivity contribution in [3.63, 3.8) is 0 Å². The number of rotatable bonds is 4. The minimum Gasteiger partial charge on any atom is -0.311 e. The molecule has 0 aromatic carbocycles. The topological polar surface area (TPSA) is 29.9 Å². The zero-order valence-electron chi connectivity index (χ0n) is 12.2. The molecule has 3 heteroatoms. The molecule has 0 aliphatic heterocycles. The molecule has 18 heavy (non-hydrogen) atoms. The van der Waals surface area contributed by atoms with Crippen LogP contribution in [0.4, 0.5) is 0 Å². The molecule has 1 N–H and O–H groups in total. The van der Waals surface area contributed by atoms with Crippen LogP contribution in [0, 0.1) is 17.8 Å². The normalized spacial score (nSPS) is 26.5. The molecule has 0 bridgehead atoms. The minimum atomic E-state index is 0.430. The molecule has 1 fully saturated rings. The minimum absolute atomic E-state index is 0.430. The molecule has 1 atom stereocenters. The molecule has 1 aliphatic carbocycles. The predicted molar refractivity (Wildman–Crippen MR) is 75.3 cm³/mol. The number of aromatic nitrogens is 2. The van der Waals surface area contributed by atoms with Crippen LogP contribution >= 0.6 is 0 Å². The molecule has 102 valence electrons. The van der Waals surface area contributed by atoms with Gasteiger partial charge in [0.1, 0.15) is 0 Å². The fraction of sp³-hybridized carbons (Fsp3) is 0.800. The van der Waals surface area contributed by atoms with Gasteiger partial charge in [0, 0.05) is 13.2 Å². The maximum Gasteiger partial charge on any atom is 0.0796 e. The highest BCUT2D eigenvalue weighted by molar-refractivity contribution is 5.07. The molecular formula is C15H27N3. The summed E-state index contributed by atoms with van der Waals surface area (Å²) >= 11 is 0. The molecule has 2 rings (SSSR count). The Morgan fingerprint density at radius 1 is 1.22 bits per heavy atom. The van der Waals surface area contributed by atoms with Crippen molar-refractivity contribution >= 4 is 0 Å². The average Bonchev–Trinajstić information content (AvgIpc) is 2.77. The van der Waals surface area contributed by atoms with Crippen LogP contribution in [0.1, 0.15) is 51.3 Å². The van der Waals surface area contributed by atoms with Gasteiger partial charge in [-0.3, -0.25) is 4.68 Å². The summed E-state index contributed by atoms with van der Waals surface area (Å²) in [6, 6.07) is 2.58. The van der Waals surface area contributed by atoms with Crippen molar-refractivity contribution < 1.29 is 0 Å². The van der Waals surface area contributed by atoms with Gasteiger partial charge in [0.15, 0.2) is 0 Å². The SMILES string of the molecule is CNC(c1ccn(C)n1)C1CCC(C(C)C)CC1. The molecule has 0 amide bonds. The lowest BCUT2D eigenvalue weighted by Crippen LogP contribution is -2.30. The first-order valence-corrected chi connectivity index (χ1v) is 7.28. The molecule has 1 aromatic heterocycles. The van der Waals surface area contributed by atoms with Gasteiger partial charge in [-0.25, -0.2) is 0 Å². The van der Waals surface area contributed by atoms with Gasteiger partial charge in [0.2, 0.25) is 0 Å². The first kappa shape index (κ1) is 13.6. The second kappa shape index (κ2) is 5.87. The van der Waals surface area contributed by atoms with E-state index in [1.807, 2.05) is 17.9 Å². The van der Waals surface area contributed by atoms with Crippen molar-refractivity contribution in [2.75, 3.05) is 7.05 Å². The number of nitrogens with one attached hydrogen (secondary N) is 1. The summed E-state index contributed by atoms with van der Waals surface area (Å²) in [6.07, 6.45) is 7.48. The Kier molecular flexibility index (Phi) is 4.44. The van der Waals surface area contributed by atoms with Crippen LogP contribution in [0.5, 0.6) is 0 Å². The molecule has 3 nitrogen and oxygen atoms in total. The van der Waals surface area contributed by atoms with Gasteiger partial charge >= 0.3 is 0 Å². The van der Waals surface area contributed by atoms with Crippen molar-refractivity contribution in [3.05, 3.63) is 18.0 Å². The Bertz CT molecular complexity index is 362. The van der Waals surface area contributed by atoms with E-state index in [9.17, 15) is 0 Å². The van der Waals surface area contributed by atoms with E-state index in [0.29, 0.717) is 6.04 Å². The van der Waals surface area contributed by atoms with Crippen LogP contribution in [-0.2, 0) is 7.05 Å². The summed E-state index contributed by atoms with van der Waals surface area (Å²) in [4.78, 5) is 0. The van der Waals surface area contributed by atoms with Gasteiger partial charge in [-0.1, -0.05) is 13.8 Å². The lowest BCUT2D eigenvalue weighted by Gasteiger charge is -2.34. The van der Waals surface area contributed by atoms with Crippen LogP contribution in [0.15, 0.2) is 12.3 Å². The van der Waals surface area contributed by atoms with Gasteiger partial charge in [-0.05, 0) is 56.6 Å². The third-order valence-corrected chi connectivity index (χ3v) is 4.59. The summed E-state index contributed by atoms with van der Waals surface area (Å²) in [5.41, 5.74) is 1.20. The largest absolute Gasteiger partial charge is 0.311 e. The van der Waals surface area contributed by atoms with E-state index in [1.54, 1.807) is 0 Å². The first-order valence-electron chi connectivity index (χ1n) is 7.28. The van der Waals surface area contributed by atoms with Crippen molar-refractivity contribution in [1.82, 2.24) is 15.1 Å². The summed E-state index contributed by atoms with van der Waals surface area (Å²) in [7, 11) is 4.06. The zero-order valence-corrected chi connectivity index (χ0v) is 12.2. The summed E-state index contributed by atoms with van der Waals surface area (Å²) in [5.74, 6) is 2.52. The molecule has 1 aliphatic rings. The maximum atomic E-state index is 4.57. The van der Waals surface area contributed by atoms with E-state index in [1.165, 1.54) is 31.4 Å². The van der Waals surface area contributed by atoms with E-state index in [0.717, 1.165) is 17.8 Å². The Balaban J connectivity index is 1.98. The second-order valence-corrected chi connectivity index (χ2v) is 6.10. The van der Waals surface area contributed by atoms with E-state index < -0.39 is 0 Å². The Labute approximate surface area is 111 Å². The fourth-order valence-electron chi connectivity index (χ4n) is 3.37. The number of hydrogen-bond donors (Lipinski definition) is 1. The second-order valence-electron chi connectivity index (χ2n) is 6.10. The van der Waals surface area contributed by atoms with E-state index in [-0.39, 0.29) is 0 Å². The Morgan fingerprint density at radius 3 is 2.28 bits per heavy atom. The standard InChI is InChI=1S/C15H27N3/c1-11(2)12-5-7-13(8-6-12)15(16-3)14-9-10-18(4)17-14/h9-13,15-16H,5-8H2,1-4H3. The van der Waals surface area contributed by atoms with Gasteiger partial charge in [-0.2, -0.15) is 5.10 Å². The highest BCUT2D eigenvalue weighted by atomic mass is 15.3. The maximum absolute atomic E-state index is 4.57. The highest BCUT2D eigenvalue weighted by Crippen LogP contribution is 2.38. The highest BCUT2D eigenvalue weighted by Gasteiger charge is 2.29. The Hall–Kier alpha value is -0.830. The fourth-order valence-corrected chi connectivity index (χ4v) is 3.37. The molecule has 0 spiro atoms. The monoisotopic (exact) mass is 249 g/mol. The lowest BCUT2D eigenvalue weighted by molar-refractivity contribution is 0.191. The predicted octanol–water partition coefficient (Wildman–Crippen LogP) is 3.14. The average molecular weight is 249 g/mol. The van der Waals surface area contributed by atoms with Crippen molar-refractivity contribution in [1.29, 1.82) is 0 Å². The van der Waals surface area contributed by atoms with Crippen LogP contribution in [0.3, 0.4) is 0 Å².